The number of alkyl halides is 2. The fraction of sp³-hybridized carbons (Fsp3) is 0.462. The van der Waals surface area contributed by atoms with Crippen LogP contribution in [0, 0.1) is 0 Å². The number of halogens is 3. The Morgan fingerprint density at radius 2 is 1.87 bits per heavy atom. The van der Waals surface area contributed by atoms with Gasteiger partial charge in [0.2, 0.25) is 0 Å². The molecule has 0 atom stereocenters. The lowest BCUT2D eigenvalue weighted by atomic mass is 9.85. The van der Waals surface area contributed by atoms with Gasteiger partial charge in [0.1, 0.15) is 12.4 Å². The topological polar surface area (TPSA) is 9.23 Å². The number of hydrogen-bond acceptors (Lipinski definition) is 2. The van der Waals surface area contributed by atoms with Crippen molar-refractivity contribution in [2.45, 2.75) is 57.8 Å². The van der Waals surface area contributed by atoms with E-state index in [1.807, 2.05) is 42.1 Å². The van der Waals surface area contributed by atoms with Crippen LogP contribution in [0.4, 0.5) is 8.78 Å². The summed E-state index contributed by atoms with van der Waals surface area (Å²) in [7, 11) is 0. The molecule has 5 heteroatoms. The van der Waals surface area contributed by atoms with E-state index in [9.17, 15) is 8.78 Å². The molecule has 3 rings (SSSR count). The summed E-state index contributed by atoms with van der Waals surface area (Å²) in [5.74, 6) is -0.713. The van der Waals surface area contributed by atoms with Gasteiger partial charge in [-0.05, 0) is 90.1 Å². The first-order valence-corrected chi connectivity index (χ1v) is 12.8. The van der Waals surface area contributed by atoms with E-state index >= 15 is 0 Å². The highest BCUT2D eigenvalue weighted by Gasteiger charge is 2.35. The van der Waals surface area contributed by atoms with Crippen LogP contribution < -0.4 is 4.74 Å². The predicted molar refractivity (Wildman–Crippen MR) is 130 cm³/mol. The highest BCUT2D eigenvalue weighted by Crippen LogP contribution is 2.41. The van der Waals surface area contributed by atoms with E-state index in [1.165, 1.54) is 11.1 Å². The largest absolute Gasteiger partial charge is 0.489 e. The lowest BCUT2D eigenvalue weighted by molar-refractivity contribution is -0.0112. The van der Waals surface area contributed by atoms with Gasteiger partial charge in [0.05, 0.1) is 0 Å². The summed E-state index contributed by atoms with van der Waals surface area (Å²) in [5, 5.41) is 0.644. The summed E-state index contributed by atoms with van der Waals surface area (Å²) in [6, 6.07) is 13.7. The number of ether oxygens (including phenoxy) is 1. The van der Waals surface area contributed by atoms with Gasteiger partial charge in [0, 0.05) is 17.9 Å². The van der Waals surface area contributed by atoms with E-state index in [2.05, 4.69) is 25.3 Å². The fourth-order valence-corrected chi connectivity index (χ4v) is 4.66. The van der Waals surface area contributed by atoms with Crippen LogP contribution in [-0.4, -0.2) is 24.5 Å². The molecular formula is C26H31ClF2OS. The molecular weight excluding hydrogens is 434 g/mol. The molecule has 2 aromatic carbocycles. The van der Waals surface area contributed by atoms with Crippen molar-refractivity contribution in [2.75, 3.05) is 18.6 Å². The highest BCUT2D eigenvalue weighted by atomic mass is 35.5. The van der Waals surface area contributed by atoms with Crippen LogP contribution >= 0.6 is 23.4 Å². The molecule has 2 aromatic rings. The molecule has 1 aliphatic carbocycles. The van der Waals surface area contributed by atoms with Crippen LogP contribution in [0.2, 0.25) is 5.02 Å². The number of thioether (sulfide) groups is 1. The summed E-state index contributed by atoms with van der Waals surface area (Å²) in [4.78, 5) is 0. The molecule has 0 saturated heterocycles. The molecule has 31 heavy (non-hydrogen) atoms. The summed E-state index contributed by atoms with van der Waals surface area (Å²) in [5.41, 5.74) is 5.06. The maximum absolute atomic E-state index is 14.2. The Morgan fingerprint density at radius 3 is 2.58 bits per heavy atom. The summed E-state index contributed by atoms with van der Waals surface area (Å²) in [6.45, 7) is 2.33. The highest BCUT2D eigenvalue weighted by molar-refractivity contribution is 7.98. The number of unbranched alkanes of at least 4 members (excludes halogenated alkanes) is 1. The lowest BCUT2D eigenvalue weighted by Gasteiger charge is -2.28. The maximum Gasteiger partial charge on any atom is 0.252 e. The van der Waals surface area contributed by atoms with Crippen molar-refractivity contribution in [3.8, 4) is 5.75 Å². The Hall–Kier alpha value is -1.52. The lowest BCUT2D eigenvalue weighted by Crippen LogP contribution is -2.24. The van der Waals surface area contributed by atoms with E-state index in [0.717, 1.165) is 48.3 Å². The van der Waals surface area contributed by atoms with Crippen molar-refractivity contribution >= 4 is 28.9 Å². The van der Waals surface area contributed by atoms with Gasteiger partial charge in [0.25, 0.3) is 5.92 Å². The molecule has 168 valence electrons. The number of allylic oxidation sites excluding steroid dienone is 1. The van der Waals surface area contributed by atoms with Gasteiger partial charge in [0.15, 0.2) is 0 Å². The van der Waals surface area contributed by atoms with Crippen LogP contribution in [0.15, 0.2) is 48.0 Å². The molecule has 0 heterocycles. The quantitative estimate of drug-likeness (QED) is 0.327. The zero-order valence-corrected chi connectivity index (χ0v) is 19.9. The SMILES string of the molecule is CCc1ccc(OCC2=C(c3ccc(Cl)cc3)CCC(F)(F)C2)c(CCCCSC)c1. The minimum Gasteiger partial charge on any atom is -0.489 e. The second-order valence-electron chi connectivity index (χ2n) is 8.16. The maximum atomic E-state index is 14.2. The zero-order valence-electron chi connectivity index (χ0n) is 18.4. The first kappa shape index (κ1) is 24.1. The molecule has 0 aromatic heterocycles. The molecule has 0 saturated carbocycles. The number of rotatable bonds is 10. The molecule has 0 bridgehead atoms. The first-order chi connectivity index (χ1) is 14.9. The Balaban J connectivity index is 1.81. The van der Waals surface area contributed by atoms with Crippen molar-refractivity contribution in [1.82, 2.24) is 0 Å². The minimum atomic E-state index is -2.68. The van der Waals surface area contributed by atoms with Gasteiger partial charge < -0.3 is 4.74 Å². The predicted octanol–water partition coefficient (Wildman–Crippen LogP) is 8.24. The van der Waals surface area contributed by atoms with E-state index in [0.29, 0.717) is 17.0 Å². The van der Waals surface area contributed by atoms with Gasteiger partial charge >= 0.3 is 0 Å². The normalized spacial score (nSPS) is 15.9. The van der Waals surface area contributed by atoms with Gasteiger partial charge in [-0.15, -0.1) is 0 Å². The monoisotopic (exact) mass is 464 g/mol. The Morgan fingerprint density at radius 1 is 1.10 bits per heavy atom. The van der Waals surface area contributed by atoms with E-state index in [-0.39, 0.29) is 19.4 Å². The smallest absolute Gasteiger partial charge is 0.252 e. The minimum absolute atomic E-state index is 0.125. The van der Waals surface area contributed by atoms with Crippen molar-refractivity contribution in [2.24, 2.45) is 0 Å². The standard InChI is InChI=1S/C26H31ClF2OS/c1-3-19-7-12-25(21(16-19)6-4-5-15-31-2)30-18-22-17-26(28,29)14-13-24(22)20-8-10-23(27)11-9-20/h7-12,16H,3-6,13-15,17-18H2,1-2H3. The Kier molecular flexibility index (Phi) is 8.85. The third-order valence-electron chi connectivity index (χ3n) is 5.81. The second-order valence-corrected chi connectivity index (χ2v) is 9.58. The Labute approximate surface area is 194 Å². The van der Waals surface area contributed by atoms with Gasteiger partial charge in [-0.25, -0.2) is 8.78 Å². The molecule has 0 radical (unpaired) electrons. The van der Waals surface area contributed by atoms with Crippen molar-refractivity contribution in [3.05, 3.63) is 69.8 Å². The molecule has 1 nitrogen and oxygen atoms in total. The van der Waals surface area contributed by atoms with E-state index in [4.69, 9.17) is 16.3 Å². The molecule has 0 unspecified atom stereocenters. The molecule has 0 fully saturated rings. The van der Waals surface area contributed by atoms with Gasteiger partial charge in [-0.2, -0.15) is 11.8 Å². The average molecular weight is 465 g/mol. The molecule has 0 aliphatic heterocycles. The Bertz CT molecular complexity index is 893. The van der Waals surface area contributed by atoms with Crippen LogP contribution in [0.5, 0.6) is 5.75 Å². The van der Waals surface area contributed by atoms with E-state index in [1.54, 1.807) is 0 Å². The molecule has 0 amide bonds. The third-order valence-corrected chi connectivity index (χ3v) is 6.76. The molecule has 0 spiro atoms. The van der Waals surface area contributed by atoms with Crippen LogP contribution in [-0.2, 0) is 12.8 Å². The molecule has 1 aliphatic rings. The van der Waals surface area contributed by atoms with Gasteiger partial charge in [-0.1, -0.05) is 42.8 Å². The van der Waals surface area contributed by atoms with Crippen molar-refractivity contribution in [3.63, 3.8) is 0 Å². The first-order valence-electron chi connectivity index (χ1n) is 11.0. The van der Waals surface area contributed by atoms with E-state index < -0.39 is 5.92 Å². The van der Waals surface area contributed by atoms with Crippen LogP contribution in [0.25, 0.3) is 5.57 Å². The fourth-order valence-electron chi connectivity index (χ4n) is 4.05. The number of benzene rings is 2. The molecule has 0 N–H and O–H groups in total. The summed E-state index contributed by atoms with van der Waals surface area (Å²) in [6.07, 6.45) is 6.28. The van der Waals surface area contributed by atoms with Gasteiger partial charge in [-0.3, -0.25) is 0 Å². The number of hydrogen-bond donors (Lipinski definition) is 0. The van der Waals surface area contributed by atoms with Crippen molar-refractivity contribution in [1.29, 1.82) is 0 Å². The van der Waals surface area contributed by atoms with Crippen LogP contribution in [0.3, 0.4) is 0 Å². The zero-order chi connectivity index (χ0) is 22.3. The van der Waals surface area contributed by atoms with Crippen molar-refractivity contribution < 1.29 is 13.5 Å². The summed E-state index contributed by atoms with van der Waals surface area (Å²) >= 11 is 7.87. The van der Waals surface area contributed by atoms with Crippen LogP contribution in [0.1, 0.15) is 55.7 Å². The third kappa shape index (κ3) is 6.98. The second kappa shape index (κ2) is 11.4. The average Bonchev–Trinajstić information content (AvgIpc) is 2.76. The number of aryl methyl sites for hydroxylation is 2. The summed E-state index contributed by atoms with van der Waals surface area (Å²) < 4.78 is 34.7.